The molecule has 1 unspecified atom stereocenters. The van der Waals surface area contributed by atoms with Crippen LogP contribution >= 0.6 is 24.0 Å². The van der Waals surface area contributed by atoms with Crippen LogP contribution in [0.25, 0.3) is 0 Å². The normalized spacial score (nSPS) is 20.7. The lowest BCUT2D eigenvalue weighted by Crippen LogP contribution is -2.47. The number of esters is 1. The Balaban J connectivity index is 0.00000280. The van der Waals surface area contributed by atoms with Crippen LogP contribution in [0.5, 0.6) is 0 Å². The molecular weight excluding hydrogens is 473 g/mol. The summed E-state index contributed by atoms with van der Waals surface area (Å²) in [5.41, 5.74) is 0. The molecule has 2 aliphatic rings. The van der Waals surface area contributed by atoms with E-state index in [2.05, 4.69) is 10.2 Å². The third-order valence-corrected chi connectivity index (χ3v) is 5.12. The Morgan fingerprint density at radius 2 is 2.18 bits per heavy atom. The number of rotatable bonds is 7. The number of aliphatic imine (C=N–C) groups is 1. The lowest BCUT2D eigenvalue weighted by atomic mass is 9.97. The van der Waals surface area contributed by atoms with Gasteiger partial charge >= 0.3 is 5.97 Å². The van der Waals surface area contributed by atoms with Crippen molar-refractivity contribution in [3.63, 3.8) is 0 Å². The number of carbonyl (C=O) groups is 1. The highest BCUT2D eigenvalue weighted by molar-refractivity contribution is 14.0. The third kappa shape index (κ3) is 6.95. The number of ether oxygens (including phenoxy) is 2. The summed E-state index contributed by atoms with van der Waals surface area (Å²) in [6.45, 7) is 6.19. The molecule has 2 aliphatic heterocycles. The highest BCUT2D eigenvalue weighted by Gasteiger charge is 2.27. The molecule has 1 aromatic heterocycles. The molecule has 0 bridgehead atoms. The van der Waals surface area contributed by atoms with E-state index in [9.17, 15) is 4.79 Å². The molecule has 0 spiro atoms. The molecule has 1 aromatic rings. The highest BCUT2D eigenvalue weighted by Crippen LogP contribution is 2.19. The van der Waals surface area contributed by atoms with Gasteiger partial charge in [0.05, 0.1) is 31.4 Å². The van der Waals surface area contributed by atoms with Crippen LogP contribution in [-0.2, 0) is 20.7 Å². The van der Waals surface area contributed by atoms with Crippen LogP contribution in [0.2, 0.25) is 0 Å². The summed E-state index contributed by atoms with van der Waals surface area (Å²) < 4.78 is 16.3. The maximum atomic E-state index is 12.0. The Bertz CT molecular complexity index is 595. The molecule has 0 amide bonds. The van der Waals surface area contributed by atoms with Crippen molar-refractivity contribution < 1.29 is 18.7 Å². The topological polar surface area (TPSA) is 76.3 Å². The van der Waals surface area contributed by atoms with Crippen molar-refractivity contribution in [2.24, 2.45) is 10.9 Å². The Morgan fingerprint density at radius 3 is 2.82 bits per heavy atom. The lowest BCUT2D eigenvalue weighted by Gasteiger charge is -2.33. The number of hydrogen-bond acceptors (Lipinski definition) is 5. The van der Waals surface area contributed by atoms with Crippen molar-refractivity contribution >= 4 is 35.9 Å². The molecule has 0 aliphatic carbocycles. The summed E-state index contributed by atoms with van der Waals surface area (Å²) in [7, 11) is 0. The molecule has 28 heavy (non-hydrogen) atoms. The first-order chi connectivity index (χ1) is 13.3. The second-order valence-corrected chi connectivity index (χ2v) is 7.07. The summed E-state index contributed by atoms with van der Waals surface area (Å²) in [6.07, 6.45) is 6.53. The number of carbonyl (C=O) groups excluding carboxylic acids is 1. The molecular formula is C20H32IN3O4. The van der Waals surface area contributed by atoms with Gasteiger partial charge in [-0.1, -0.05) is 0 Å². The second kappa shape index (κ2) is 12.3. The van der Waals surface area contributed by atoms with Gasteiger partial charge in [-0.25, -0.2) is 0 Å². The van der Waals surface area contributed by atoms with Crippen LogP contribution in [0.4, 0.5) is 0 Å². The summed E-state index contributed by atoms with van der Waals surface area (Å²) in [4.78, 5) is 19.0. The van der Waals surface area contributed by atoms with Gasteiger partial charge in [0.15, 0.2) is 5.96 Å². The van der Waals surface area contributed by atoms with Crippen LogP contribution < -0.4 is 5.32 Å². The van der Waals surface area contributed by atoms with E-state index < -0.39 is 0 Å². The zero-order chi connectivity index (χ0) is 18.9. The fourth-order valence-electron chi connectivity index (χ4n) is 3.58. The van der Waals surface area contributed by atoms with Crippen molar-refractivity contribution in [2.75, 3.05) is 39.4 Å². The van der Waals surface area contributed by atoms with E-state index in [1.165, 1.54) is 0 Å². The van der Waals surface area contributed by atoms with Crippen molar-refractivity contribution in [3.05, 3.63) is 24.2 Å². The molecule has 1 N–H and O–H groups in total. The van der Waals surface area contributed by atoms with Gasteiger partial charge in [0.1, 0.15) is 5.76 Å². The lowest BCUT2D eigenvalue weighted by molar-refractivity contribution is -0.149. The van der Waals surface area contributed by atoms with Gasteiger partial charge in [-0.2, -0.15) is 0 Å². The number of likely N-dealkylation sites (tertiary alicyclic amines) is 1. The van der Waals surface area contributed by atoms with Crippen LogP contribution in [0.3, 0.4) is 0 Å². The number of halogens is 1. The molecule has 7 nitrogen and oxygen atoms in total. The van der Waals surface area contributed by atoms with Crippen LogP contribution in [0.1, 0.15) is 38.4 Å². The average Bonchev–Trinajstić information content (AvgIpc) is 3.39. The Hall–Kier alpha value is -1.29. The van der Waals surface area contributed by atoms with Gasteiger partial charge in [0.2, 0.25) is 0 Å². The minimum atomic E-state index is -0.0687. The van der Waals surface area contributed by atoms with E-state index in [0.29, 0.717) is 13.2 Å². The number of nitrogens with one attached hydrogen (secondary N) is 1. The monoisotopic (exact) mass is 505 g/mol. The Morgan fingerprint density at radius 1 is 1.36 bits per heavy atom. The maximum absolute atomic E-state index is 12.0. The van der Waals surface area contributed by atoms with Crippen LogP contribution in [0, 0.1) is 5.92 Å². The van der Waals surface area contributed by atoms with Crippen LogP contribution in [-0.4, -0.2) is 62.3 Å². The van der Waals surface area contributed by atoms with Crippen LogP contribution in [0.15, 0.2) is 27.8 Å². The number of hydrogen-bond donors (Lipinski definition) is 1. The summed E-state index contributed by atoms with van der Waals surface area (Å²) in [5, 5.41) is 3.47. The van der Waals surface area contributed by atoms with Gasteiger partial charge in [0.25, 0.3) is 0 Å². The number of furan rings is 1. The summed E-state index contributed by atoms with van der Waals surface area (Å²) in [6, 6.07) is 3.89. The van der Waals surface area contributed by atoms with E-state index in [-0.39, 0.29) is 42.0 Å². The predicted molar refractivity (Wildman–Crippen MR) is 118 cm³/mol. The SMILES string of the molecule is CCOC(=O)C1CCN(C(=NCC2CCCO2)NCCc2ccco2)CC1.I. The molecule has 0 aromatic carbocycles. The van der Waals surface area contributed by atoms with Gasteiger partial charge in [0, 0.05) is 32.7 Å². The van der Waals surface area contributed by atoms with Gasteiger partial charge in [-0.3, -0.25) is 9.79 Å². The van der Waals surface area contributed by atoms with E-state index in [0.717, 1.165) is 70.1 Å². The quantitative estimate of drug-likeness (QED) is 0.266. The molecule has 0 saturated carbocycles. The van der Waals surface area contributed by atoms with E-state index in [4.69, 9.17) is 18.9 Å². The fraction of sp³-hybridized carbons (Fsp3) is 0.700. The molecule has 3 heterocycles. The number of nitrogens with zero attached hydrogens (tertiary/aromatic N) is 2. The van der Waals surface area contributed by atoms with Gasteiger partial charge in [-0.05, 0) is 44.7 Å². The van der Waals surface area contributed by atoms with Crippen molar-refractivity contribution in [1.29, 1.82) is 0 Å². The number of guanidine groups is 1. The largest absolute Gasteiger partial charge is 0.469 e. The van der Waals surface area contributed by atoms with Gasteiger partial charge in [-0.15, -0.1) is 24.0 Å². The fourth-order valence-corrected chi connectivity index (χ4v) is 3.58. The first-order valence-corrected chi connectivity index (χ1v) is 10.1. The first kappa shape index (κ1) is 23.0. The molecule has 2 fully saturated rings. The molecule has 158 valence electrons. The van der Waals surface area contributed by atoms with E-state index in [1.807, 2.05) is 19.1 Å². The van der Waals surface area contributed by atoms with Crippen molar-refractivity contribution in [3.8, 4) is 0 Å². The highest BCUT2D eigenvalue weighted by atomic mass is 127. The zero-order valence-electron chi connectivity index (χ0n) is 16.6. The molecule has 3 rings (SSSR count). The predicted octanol–water partition coefficient (Wildman–Crippen LogP) is 2.84. The van der Waals surface area contributed by atoms with Crippen molar-refractivity contribution in [2.45, 2.75) is 45.1 Å². The third-order valence-electron chi connectivity index (χ3n) is 5.12. The minimum Gasteiger partial charge on any atom is -0.469 e. The summed E-state index contributed by atoms with van der Waals surface area (Å²) >= 11 is 0. The van der Waals surface area contributed by atoms with E-state index in [1.54, 1.807) is 6.26 Å². The Labute approximate surface area is 184 Å². The van der Waals surface area contributed by atoms with E-state index >= 15 is 0 Å². The standard InChI is InChI=1S/C20H31N3O4.HI/c1-2-25-19(24)16-8-11-23(12-9-16)20(22-15-18-6-4-14-27-18)21-10-7-17-5-3-13-26-17;/h3,5,13,16,18H,2,4,6-12,14-15H2,1H3,(H,21,22);1H. The minimum absolute atomic E-state index is 0. The maximum Gasteiger partial charge on any atom is 0.309 e. The molecule has 0 radical (unpaired) electrons. The smallest absolute Gasteiger partial charge is 0.309 e. The molecule has 8 heteroatoms. The first-order valence-electron chi connectivity index (χ1n) is 10.1. The molecule has 2 saturated heterocycles. The second-order valence-electron chi connectivity index (χ2n) is 7.07. The molecule has 1 atom stereocenters. The van der Waals surface area contributed by atoms with Gasteiger partial charge < -0.3 is 24.1 Å². The number of piperidine rings is 1. The van der Waals surface area contributed by atoms with Crippen molar-refractivity contribution in [1.82, 2.24) is 10.2 Å². The average molecular weight is 505 g/mol. The zero-order valence-corrected chi connectivity index (χ0v) is 18.9. The summed E-state index contributed by atoms with van der Waals surface area (Å²) in [5.74, 6) is 1.80. The Kier molecular flexibility index (Phi) is 10.1.